The summed E-state index contributed by atoms with van der Waals surface area (Å²) in [5.41, 5.74) is 3.73. The minimum absolute atomic E-state index is 0.0318. The van der Waals surface area contributed by atoms with Gasteiger partial charge in [-0.3, -0.25) is 14.4 Å². The van der Waals surface area contributed by atoms with Gasteiger partial charge in [-0.05, 0) is 73.0 Å². The molecule has 1 saturated heterocycles. The van der Waals surface area contributed by atoms with E-state index in [0.29, 0.717) is 45.6 Å². The highest BCUT2D eigenvalue weighted by atomic mass is 35.5. The van der Waals surface area contributed by atoms with Gasteiger partial charge in [0.1, 0.15) is 0 Å². The van der Waals surface area contributed by atoms with E-state index in [9.17, 15) is 14.4 Å². The van der Waals surface area contributed by atoms with Gasteiger partial charge in [-0.1, -0.05) is 41.4 Å². The average Bonchev–Trinajstić information content (AvgIpc) is 2.95. The molecule has 2 bridgehead atoms. The van der Waals surface area contributed by atoms with Gasteiger partial charge in [-0.2, -0.15) is 0 Å². The van der Waals surface area contributed by atoms with E-state index in [-0.39, 0.29) is 29.2 Å². The van der Waals surface area contributed by atoms with Gasteiger partial charge < -0.3 is 20.1 Å². The molecule has 6 rings (SSSR count). The molecule has 0 spiro atoms. The van der Waals surface area contributed by atoms with Gasteiger partial charge in [-0.15, -0.1) is 0 Å². The first-order chi connectivity index (χ1) is 19.4. The van der Waals surface area contributed by atoms with Crippen LogP contribution < -0.4 is 21.1 Å². The van der Waals surface area contributed by atoms with E-state index in [0.717, 1.165) is 24.3 Å². The first-order valence-corrected chi connectivity index (χ1v) is 13.8. The van der Waals surface area contributed by atoms with Gasteiger partial charge in [0.15, 0.2) is 0 Å². The van der Waals surface area contributed by atoms with Crippen molar-refractivity contribution in [2.24, 2.45) is 5.92 Å². The Morgan fingerprint density at radius 3 is 2.40 bits per heavy atom. The van der Waals surface area contributed by atoms with Crippen LogP contribution in [0.15, 0.2) is 89.7 Å². The van der Waals surface area contributed by atoms with E-state index >= 15 is 0 Å². The Bertz CT molecular complexity index is 1670. The number of aromatic nitrogens is 1. The van der Waals surface area contributed by atoms with Crippen LogP contribution in [-0.4, -0.2) is 29.5 Å². The van der Waals surface area contributed by atoms with Crippen LogP contribution in [-0.2, 0) is 6.54 Å². The smallest absolute Gasteiger partial charge is 0.257 e. The van der Waals surface area contributed by atoms with Crippen molar-refractivity contribution in [1.29, 1.82) is 0 Å². The summed E-state index contributed by atoms with van der Waals surface area (Å²) in [7, 11) is 0. The zero-order valence-electron chi connectivity index (χ0n) is 21.4. The van der Waals surface area contributed by atoms with Gasteiger partial charge in [0.2, 0.25) is 0 Å². The third-order valence-electron chi connectivity index (χ3n) is 7.55. The number of pyridine rings is 1. The molecule has 1 fully saturated rings. The van der Waals surface area contributed by atoms with Crippen LogP contribution >= 0.6 is 23.2 Å². The van der Waals surface area contributed by atoms with Gasteiger partial charge in [-0.25, -0.2) is 0 Å². The molecule has 202 valence electrons. The molecule has 2 aliphatic heterocycles. The Balaban J connectivity index is 1.33. The topological polar surface area (TPSA) is 83.4 Å². The summed E-state index contributed by atoms with van der Waals surface area (Å²) in [6, 6.07) is 24.5. The van der Waals surface area contributed by atoms with E-state index in [1.165, 1.54) is 0 Å². The number of hydrogen-bond acceptors (Lipinski definition) is 4. The summed E-state index contributed by atoms with van der Waals surface area (Å²) in [6.07, 6.45) is 1.00. The van der Waals surface area contributed by atoms with E-state index in [1.54, 1.807) is 66.7 Å². The molecule has 0 radical (unpaired) electrons. The summed E-state index contributed by atoms with van der Waals surface area (Å²) in [6.45, 7) is 2.07. The number of piperidine rings is 1. The molecule has 40 heavy (non-hydrogen) atoms. The minimum Gasteiger partial charge on any atom is -0.369 e. The predicted octanol–water partition coefficient (Wildman–Crippen LogP) is 6.28. The molecule has 1 aromatic heterocycles. The second kappa shape index (κ2) is 10.8. The van der Waals surface area contributed by atoms with Gasteiger partial charge >= 0.3 is 0 Å². The largest absolute Gasteiger partial charge is 0.369 e. The Morgan fingerprint density at radius 1 is 0.800 bits per heavy atom. The van der Waals surface area contributed by atoms with Crippen LogP contribution in [0.5, 0.6) is 0 Å². The molecule has 2 amide bonds. The molecule has 0 unspecified atom stereocenters. The highest BCUT2D eigenvalue weighted by Crippen LogP contribution is 2.39. The molecule has 4 aromatic rings. The van der Waals surface area contributed by atoms with Crippen molar-refractivity contribution >= 4 is 52.1 Å². The first-order valence-electron chi connectivity index (χ1n) is 13.1. The summed E-state index contributed by atoms with van der Waals surface area (Å²) in [4.78, 5) is 41.2. The van der Waals surface area contributed by atoms with Crippen molar-refractivity contribution < 1.29 is 9.59 Å². The van der Waals surface area contributed by atoms with E-state index in [1.807, 2.05) is 22.8 Å². The van der Waals surface area contributed by atoms with E-state index in [2.05, 4.69) is 15.5 Å². The highest BCUT2D eigenvalue weighted by molar-refractivity contribution is 6.34. The second-order valence-electron chi connectivity index (χ2n) is 10.2. The van der Waals surface area contributed by atoms with Crippen molar-refractivity contribution in [3.05, 3.63) is 122 Å². The number of carbonyl (C=O) groups excluding carboxylic acids is 2. The highest BCUT2D eigenvalue weighted by Gasteiger charge is 2.35. The quantitative estimate of drug-likeness (QED) is 0.294. The molecule has 0 saturated carbocycles. The third-order valence-corrected chi connectivity index (χ3v) is 8.13. The minimum atomic E-state index is -0.365. The third kappa shape index (κ3) is 5.22. The maximum absolute atomic E-state index is 13.3. The van der Waals surface area contributed by atoms with Crippen molar-refractivity contribution in [3.8, 4) is 0 Å². The maximum atomic E-state index is 13.3. The molecule has 0 aliphatic carbocycles. The number of fused-ring (bicyclic) bond motifs is 4. The zero-order valence-corrected chi connectivity index (χ0v) is 23.0. The van der Waals surface area contributed by atoms with Gasteiger partial charge in [0, 0.05) is 53.6 Å². The molecule has 3 heterocycles. The maximum Gasteiger partial charge on any atom is 0.257 e. The lowest BCUT2D eigenvalue weighted by atomic mass is 9.83. The van der Waals surface area contributed by atoms with Crippen LogP contribution in [0.4, 0.5) is 17.1 Å². The fraction of sp³-hybridized carbons (Fsp3) is 0.194. The molecule has 2 aliphatic rings. The number of halogens is 2. The number of hydrogen-bond donors (Lipinski definition) is 2. The number of rotatable bonds is 5. The van der Waals surface area contributed by atoms with Gasteiger partial charge in [0.25, 0.3) is 17.4 Å². The Hall–Kier alpha value is -4.07. The number of benzene rings is 3. The number of nitrogens with zero attached hydrogens (tertiary/aromatic N) is 2. The monoisotopic (exact) mass is 572 g/mol. The number of anilines is 3. The van der Waals surface area contributed by atoms with Crippen molar-refractivity contribution in [1.82, 2.24) is 4.57 Å². The Kier molecular flexibility index (Phi) is 7.09. The summed E-state index contributed by atoms with van der Waals surface area (Å²) < 4.78 is 1.89. The van der Waals surface area contributed by atoms with Crippen molar-refractivity contribution in [3.63, 3.8) is 0 Å². The van der Waals surface area contributed by atoms with Gasteiger partial charge in [0.05, 0.1) is 22.0 Å². The summed E-state index contributed by atoms with van der Waals surface area (Å²) >= 11 is 12.3. The standard InChI is InChI=1S/C31H26Cl2N4O3/c32-22-9-11-23(12-10-22)34-30(39)20-8-13-28(26(15-20)35-31(40)24-4-1-2-5-25(24)33)36-16-19-14-21(18-36)27-6-3-7-29(38)37(27)17-19/h1-13,15,19,21H,14,16-18H2,(H,34,39)(H,35,40)/t19-,21+/m1/s1. The van der Waals surface area contributed by atoms with Crippen molar-refractivity contribution in [2.75, 3.05) is 28.6 Å². The van der Waals surface area contributed by atoms with E-state index in [4.69, 9.17) is 23.2 Å². The lowest BCUT2D eigenvalue weighted by Gasteiger charge is -2.44. The Morgan fingerprint density at radius 2 is 1.60 bits per heavy atom. The van der Waals surface area contributed by atoms with Crippen LogP contribution in [0.2, 0.25) is 10.0 Å². The fourth-order valence-corrected chi connectivity index (χ4v) is 6.07. The summed E-state index contributed by atoms with van der Waals surface area (Å²) in [5.74, 6) is -0.213. The molecular formula is C31H26Cl2N4O3. The fourth-order valence-electron chi connectivity index (χ4n) is 5.72. The Labute approximate surface area is 241 Å². The summed E-state index contributed by atoms with van der Waals surface area (Å²) in [5, 5.41) is 6.80. The molecule has 9 heteroatoms. The van der Waals surface area contributed by atoms with Crippen LogP contribution in [0.3, 0.4) is 0 Å². The second-order valence-corrected chi connectivity index (χ2v) is 11.1. The van der Waals surface area contributed by atoms with E-state index < -0.39 is 0 Å². The van der Waals surface area contributed by atoms with Crippen LogP contribution in [0.25, 0.3) is 0 Å². The number of nitrogens with one attached hydrogen (secondary N) is 2. The average molecular weight is 573 g/mol. The number of amides is 2. The van der Waals surface area contributed by atoms with Crippen LogP contribution in [0, 0.1) is 5.92 Å². The lowest BCUT2D eigenvalue weighted by Crippen LogP contribution is -2.47. The zero-order chi connectivity index (χ0) is 27.8. The first kappa shape index (κ1) is 26.2. The SMILES string of the molecule is O=C(Nc1ccc(Cl)cc1)c1ccc(N2C[C@H]3C[C@@H](C2)c2cccc(=O)n2C3)c(NC(=O)c2ccccc2Cl)c1. The molecule has 3 aromatic carbocycles. The predicted molar refractivity (Wildman–Crippen MR) is 159 cm³/mol. The molecule has 2 N–H and O–H groups in total. The number of carbonyl (C=O) groups is 2. The molecular weight excluding hydrogens is 547 g/mol. The van der Waals surface area contributed by atoms with Crippen LogP contribution in [0.1, 0.15) is 38.7 Å². The normalized spacial score (nSPS) is 17.6. The molecule has 2 atom stereocenters. The molecule has 7 nitrogen and oxygen atoms in total. The lowest BCUT2D eigenvalue weighted by molar-refractivity contribution is 0.101. The van der Waals surface area contributed by atoms with Crippen molar-refractivity contribution in [2.45, 2.75) is 18.9 Å².